The summed E-state index contributed by atoms with van der Waals surface area (Å²) in [4.78, 5) is 26.4. The van der Waals surface area contributed by atoms with Crippen molar-refractivity contribution < 1.29 is 14.3 Å². The number of benzene rings is 2. The van der Waals surface area contributed by atoms with E-state index in [0.717, 1.165) is 11.1 Å². The first-order valence-corrected chi connectivity index (χ1v) is 9.08. The minimum atomic E-state index is -0.387. The van der Waals surface area contributed by atoms with Gasteiger partial charge in [0, 0.05) is 18.4 Å². The Balaban J connectivity index is 2.25. The second kappa shape index (κ2) is 7.75. The van der Waals surface area contributed by atoms with Crippen molar-refractivity contribution in [3.8, 4) is 0 Å². The number of hydrogen-bond acceptors (Lipinski definition) is 3. The molecule has 0 spiro atoms. The average Bonchev–Trinajstić information content (AvgIpc) is 2.73. The zero-order chi connectivity index (χ0) is 19.4. The predicted octanol–water partition coefficient (Wildman–Crippen LogP) is 5.09. The fraction of sp³-hybridized carbons (Fsp3) is 0.250. The van der Waals surface area contributed by atoms with Crippen molar-refractivity contribution >= 4 is 23.2 Å². The first kappa shape index (κ1) is 18.8. The normalized spacial score (nSPS) is 17.7. The van der Waals surface area contributed by atoms with Crippen molar-refractivity contribution in [2.24, 2.45) is 5.41 Å². The number of ketones is 2. The van der Waals surface area contributed by atoms with E-state index in [1.165, 1.54) is 7.11 Å². The molecule has 0 heterocycles. The van der Waals surface area contributed by atoms with Gasteiger partial charge in [-0.3, -0.25) is 9.59 Å². The summed E-state index contributed by atoms with van der Waals surface area (Å²) in [6.07, 6.45) is 2.45. The van der Waals surface area contributed by atoms with Crippen LogP contribution in [-0.2, 0) is 14.3 Å². The molecule has 0 atom stereocenters. The Kier molecular flexibility index (Phi) is 5.41. The van der Waals surface area contributed by atoms with Crippen molar-refractivity contribution in [1.29, 1.82) is 0 Å². The second-order valence-electron chi connectivity index (χ2n) is 7.60. The summed E-state index contributed by atoms with van der Waals surface area (Å²) >= 11 is 0. The standard InChI is InChI=1S/C24H24O3/c1-24(2)15-19(25)22(18-12-8-5-9-13-18)23(20(26)16-24)21(27-3)14-17-10-6-4-7-11-17/h4-14H,15-16H2,1-3H3/b21-14-. The molecule has 0 aliphatic heterocycles. The summed E-state index contributed by atoms with van der Waals surface area (Å²) < 4.78 is 5.62. The fourth-order valence-electron chi connectivity index (χ4n) is 3.49. The molecule has 27 heavy (non-hydrogen) atoms. The van der Waals surface area contributed by atoms with Crippen LogP contribution in [0.3, 0.4) is 0 Å². The molecule has 1 aliphatic carbocycles. The Morgan fingerprint density at radius 1 is 0.889 bits per heavy atom. The van der Waals surface area contributed by atoms with Gasteiger partial charge >= 0.3 is 0 Å². The van der Waals surface area contributed by atoms with Crippen molar-refractivity contribution in [2.45, 2.75) is 26.7 Å². The van der Waals surface area contributed by atoms with Crippen molar-refractivity contribution in [3.63, 3.8) is 0 Å². The molecule has 2 aromatic carbocycles. The summed E-state index contributed by atoms with van der Waals surface area (Å²) in [6, 6.07) is 19.0. The van der Waals surface area contributed by atoms with Gasteiger partial charge in [0.1, 0.15) is 5.76 Å². The summed E-state index contributed by atoms with van der Waals surface area (Å²) in [5.74, 6) is 0.341. The van der Waals surface area contributed by atoms with Crippen LogP contribution in [0.4, 0.5) is 0 Å². The number of rotatable bonds is 4. The topological polar surface area (TPSA) is 43.4 Å². The lowest BCUT2D eigenvalue weighted by Gasteiger charge is -2.20. The number of Topliss-reactive ketones (excluding diaryl/α,β-unsaturated/α-hetero) is 2. The number of methoxy groups -OCH3 is 1. The van der Waals surface area contributed by atoms with E-state index in [-0.39, 0.29) is 17.0 Å². The molecule has 0 bridgehead atoms. The maximum Gasteiger partial charge on any atom is 0.167 e. The first-order valence-electron chi connectivity index (χ1n) is 9.08. The largest absolute Gasteiger partial charge is 0.496 e. The van der Waals surface area contributed by atoms with E-state index in [9.17, 15) is 9.59 Å². The highest BCUT2D eigenvalue weighted by atomic mass is 16.5. The summed E-state index contributed by atoms with van der Waals surface area (Å²) in [6.45, 7) is 3.92. The van der Waals surface area contributed by atoms with Crippen molar-refractivity contribution in [1.82, 2.24) is 0 Å². The van der Waals surface area contributed by atoms with Gasteiger partial charge in [0.2, 0.25) is 0 Å². The van der Waals surface area contributed by atoms with Gasteiger partial charge in [-0.25, -0.2) is 0 Å². The third-order valence-corrected chi connectivity index (χ3v) is 4.71. The van der Waals surface area contributed by atoms with Crippen LogP contribution < -0.4 is 0 Å². The Morgan fingerprint density at radius 2 is 1.44 bits per heavy atom. The number of carbonyl (C=O) groups excluding carboxylic acids is 2. The smallest absolute Gasteiger partial charge is 0.167 e. The van der Waals surface area contributed by atoms with E-state index in [1.807, 2.05) is 80.6 Å². The SMILES string of the molecule is CO/C(=C\c1ccccc1)C1=C(c2ccccc2)C(=O)CC(C)(C)CC1=O. The molecule has 3 rings (SSSR count). The highest BCUT2D eigenvalue weighted by Gasteiger charge is 2.36. The molecular formula is C24H24O3. The zero-order valence-electron chi connectivity index (χ0n) is 16.0. The minimum absolute atomic E-state index is 0.0249. The molecule has 0 fully saturated rings. The highest BCUT2D eigenvalue weighted by Crippen LogP contribution is 2.39. The molecule has 0 saturated carbocycles. The van der Waals surface area contributed by atoms with Gasteiger partial charge in [-0.05, 0) is 22.6 Å². The number of ether oxygens (including phenoxy) is 1. The molecule has 0 amide bonds. The van der Waals surface area contributed by atoms with Gasteiger partial charge < -0.3 is 4.74 Å². The molecule has 0 saturated heterocycles. The third kappa shape index (κ3) is 4.25. The van der Waals surface area contributed by atoms with Gasteiger partial charge in [0.15, 0.2) is 11.6 Å². The van der Waals surface area contributed by atoms with Crippen LogP contribution in [0.5, 0.6) is 0 Å². The van der Waals surface area contributed by atoms with E-state index in [2.05, 4.69) is 0 Å². The molecule has 1 aliphatic rings. The molecule has 0 N–H and O–H groups in total. The van der Waals surface area contributed by atoms with Crippen molar-refractivity contribution in [3.05, 3.63) is 83.1 Å². The molecule has 3 nitrogen and oxygen atoms in total. The molecule has 0 aromatic heterocycles. The average molecular weight is 360 g/mol. The van der Waals surface area contributed by atoms with Gasteiger partial charge in [-0.15, -0.1) is 0 Å². The van der Waals surface area contributed by atoms with Crippen LogP contribution >= 0.6 is 0 Å². The summed E-state index contributed by atoms with van der Waals surface area (Å²) in [5.41, 5.74) is 2.11. The zero-order valence-corrected chi connectivity index (χ0v) is 16.0. The van der Waals surface area contributed by atoms with Crippen LogP contribution in [0.2, 0.25) is 0 Å². The first-order chi connectivity index (χ1) is 12.9. The number of allylic oxidation sites excluding steroid dienone is 2. The quantitative estimate of drug-likeness (QED) is 0.714. The fourth-order valence-corrected chi connectivity index (χ4v) is 3.49. The van der Waals surface area contributed by atoms with E-state index in [1.54, 1.807) is 0 Å². The van der Waals surface area contributed by atoms with E-state index in [4.69, 9.17) is 4.74 Å². The second-order valence-corrected chi connectivity index (χ2v) is 7.60. The van der Waals surface area contributed by atoms with Crippen LogP contribution in [0.15, 0.2) is 72.0 Å². The Hall–Kier alpha value is -2.94. The lowest BCUT2D eigenvalue weighted by atomic mass is 9.83. The van der Waals surface area contributed by atoms with Crippen LogP contribution in [0.1, 0.15) is 37.8 Å². The number of hydrogen-bond donors (Lipinski definition) is 0. The Labute approximate surface area is 160 Å². The van der Waals surface area contributed by atoms with E-state index >= 15 is 0 Å². The maximum atomic E-state index is 13.2. The lowest BCUT2D eigenvalue weighted by Crippen LogP contribution is -2.18. The maximum absolute atomic E-state index is 13.2. The monoisotopic (exact) mass is 360 g/mol. The lowest BCUT2D eigenvalue weighted by molar-refractivity contribution is -0.117. The summed E-state index contributed by atoms with van der Waals surface area (Å²) in [5, 5.41) is 0. The van der Waals surface area contributed by atoms with Gasteiger partial charge in [0.25, 0.3) is 0 Å². The summed E-state index contributed by atoms with van der Waals surface area (Å²) in [7, 11) is 1.54. The predicted molar refractivity (Wildman–Crippen MR) is 108 cm³/mol. The third-order valence-electron chi connectivity index (χ3n) is 4.71. The van der Waals surface area contributed by atoms with E-state index < -0.39 is 0 Å². The highest BCUT2D eigenvalue weighted by molar-refractivity contribution is 6.29. The minimum Gasteiger partial charge on any atom is -0.496 e. The molecule has 138 valence electrons. The van der Waals surface area contributed by atoms with Crippen LogP contribution in [0, 0.1) is 5.41 Å². The van der Waals surface area contributed by atoms with Crippen LogP contribution in [-0.4, -0.2) is 18.7 Å². The molecule has 0 radical (unpaired) electrons. The van der Waals surface area contributed by atoms with E-state index in [0.29, 0.717) is 29.7 Å². The van der Waals surface area contributed by atoms with Crippen LogP contribution in [0.25, 0.3) is 11.6 Å². The molecular weight excluding hydrogens is 336 g/mol. The molecule has 2 aromatic rings. The molecule has 0 unspecified atom stereocenters. The Bertz CT molecular complexity index is 903. The number of carbonyl (C=O) groups is 2. The Morgan fingerprint density at radius 3 is 2.04 bits per heavy atom. The van der Waals surface area contributed by atoms with Crippen molar-refractivity contribution in [2.75, 3.05) is 7.11 Å². The van der Waals surface area contributed by atoms with Gasteiger partial charge in [-0.2, -0.15) is 0 Å². The van der Waals surface area contributed by atoms with Gasteiger partial charge in [-0.1, -0.05) is 74.5 Å². The van der Waals surface area contributed by atoms with Gasteiger partial charge in [0.05, 0.1) is 12.7 Å². The molecule has 3 heteroatoms.